The number of rotatable bonds is 13. The second-order valence-electron chi connectivity index (χ2n) is 5.65. The van der Waals surface area contributed by atoms with Crippen molar-refractivity contribution in [2.24, 2.45) is 4.99 Å². The lowest BCUT2D eigenvalue weighted by atomic mass is 10.1. The first-order valence-electron chi connectivity index (χ1n) is 8.84. The lowest BCUT2D eigenvalue weighted by Crippen LogP contribution is -2.39. The molecule has 0 radical (unpaired) electrons. The molecule has 0 saturated carbocycles. The number of allylic oxidation sites excluding steroid dienone is 1. The van der Waals surface area contributed by atoms with Gasteiger partial charge in [-0.15, -0.1) is 6.58 Å². The van der Waals surface area contributed by atoms with Crippen LogP contribution in [0.3, 0.4) is 0 Å². The third-order valence-corrected chi connectivity index (χ3v) is 3.62. The molecule has 0 aliphatic rings. The van der Waals surface area contributed by atoms with Gasteiger partial charge in [0.15, 0.2) is 5.96 Å². The Morgan fingerprint density at radius 2 is 1.91 bits per heavy atom. The summed E-state index contributed by atoms with van der Waals surface area (Å²) >= 11 is 0. The highest BCUT2D eigenvalue weighted by molar-refractivity contribution is 5.79. The van der Waals surface area contributed by atoms with Gasteiger partial charge in [0.1, 0.15) is 0 Å². The van der Waals surface area contributed by atoms with E-state index in [0.29, 0.717) is 13.0 Å². The topological polar surface area (TPSA) is 53.9 Å². The zero-order chi connectivity index (χ0) is 17.3. The number of nitrogens with one attached hydrogen (secondary N) is 1. The molecule has 0 saturated heterocycles. The van der Waals surface area contributed by atoms with Crippen molar-refractivity contribution in [1.29, 1.82) is 0 Å². The van der Waals surface area contributed by atoms with Crippen LogP contribution in [-0.4, -0.2) is 50.6 Å². The molecule has 0 rings (SSSR count). The first-order valence-corrected chi connectivity index (χ1v) is 8.84. The average Bonchev–Trinajstić information content (AvgIpc) is 2.54. The molecule has 0 spiro atoms. The highest BCUT2D eigenvalue weighted by Gasteiger charge is 2.04. The number of guanidine groups is 1. The predicted molar refractivity (Wildman–Crippen MR) is 97.8 cm³/mol. The van der Waals surface area contributed by atoms with E-state index in [4.69, 9.17) is 4.74 Å². The molecule has 0 bridgehead atoms. The highest BCUT2D eigenvalue weighted by Crippen LogP contribution is 2.06. The number of unbranched alkanes of at least 4 members (excludes halogenated alkanes) is 5. The Labute approximate surface area is 142 Å². The Balaban J connectivity index is 3.57. The molecule has 0 fully saturated rings. The number of ether oxygens (including phenoxy) is 1. The number of esters is 1. The molecule has 0 heterocycles. The van der Waals surface area contributed by atoms with Gasteiger partial charge in [0.2, 0.25) is 0 Å². The summed E-state index contributed by atoms with van der Waals surface area (Å²) in [5, 5.41) is 3.40. The van der Waals surface area contributed by atoms with E-state index in [1.54, 1.807) is 0 Å². The van der Waals surface area contributed by atoms with Crippen LogP contribution in [0.25, 0.3) is 0 Å². The van der Waals surface area contributed by atoms with Crippen molar-refractivity contribution in [2.45, 2.75) is 58.3 Å². The summed E-state index contributed by atoms with van der Waals surface area (Å²) in [6.45, 7) is 7.99. The van der Waals surface area contributed by atoms with Gasteiger partial charge in [-0.3, -0.25) is 9.79 Å². The monoisotopic (exact) mass is 325 g/mol. The molecule has 0 aliphatic carbocycles. The van der Waals surface area contributed by atoms with E-state index < -0.39 is 0 Å². The number of hydrogen-bond acceptors (Lipinski definition) is 3. The second-order valence-corrected chi connectivity index (χ2v) is 5.65. The molecule has 0 aliphatic heterocycles. The maximum absolute atomic E-state index is 11.2. The zero-order valence-corrected chi connectivity index (χ0v) is 15.3. The van der Waals surface area contributed by atoms with Crippen LogP contribution in [0.1, 0.15) is 58.3 Å². The minimum Gasteiger partial charge on any atom is -0.466 e. The number of carbonyl (C=O) groups is 1. The van der Waals surface area contributed by atoms with Gasteiger partial charge in [0.25, 0.3) is 0 Å². The molecular weight excluding hydrogens is 290 g/mol. The van der Waals surface area contributed by atoms with E-state index in [1.807, 2.05) is 20.0 Å². The summed E-state index contributed by atoms with van der Waals surface area (Å²) in [6.07, 6.45) is 10.1. The summed E-state index contributed by atoms with van der Waals surface area (Å²) < 4.78 is 4.91. The Morgan fingerprint density at radius 3 is 2.57 bits per heavy atom. The Morgan fingerprint density at radius 1 is 1.22 bits per heavy atom. The molecule has 5 heteroatoms. The predicted octanol–water partition coefficient (Wildman–Crippen LogP) is 3.36. The van der Waals surface area contributed by atoms with Crippen molar-refractivity contribution in [2.75, 3.05) is 33.8 Å². The molecule has 1 N–H and O–H groups in total. The van der Waals surface area contributed by atoms with E-state index in [-0.39, 0.29) is 5.97 Å². The first kappa shape index (κ1) is 21.5. The van der Waals surface area contributed by atoms with E-state index in [2.05, 4.69) is 28.8 Å². The van der Waals surface area contributed by atoms with Gasteiger partial charge >= 0.3 is 5.97 Å². The number of hydrogen-bond donors (Lipinski definition) is 1. The molecule has 0 aromatic carbocycles. The Bertz CT molecular complexity index is 343. The maximum atomic E-state index is 11.2. The maximum Gasteiger partial charge on any atom is 0.305 e. The summed E-state index contributed by atoms with van der Waals surface area (Å²) in [4.78, 5) is 17.6. The fraction of sp³-hybridized carbons (Fsp3) is 0.778. The number of carbonyl (C=O) groups excluding carboxylic acids is 1. The van der Waals surface area contributed by atoms with Crippen LogP contribution in [0.2, 0.25) is 0 Å². The van der Waals surface area contributed by atoms with Crippen LogP contribution in [0.5, 0.6) is 0 Å². The van der Waals surface area contributed by atoms with Crippen LogP contribution >= 0.6 is 0 Å². The van der Waals surface area contributed by atoms with Crippen LogP contribution < -0.4 is 5.32 Å². The van der Waals surface area contributed by atoms with Crippen molar-refractivity contribution < 1.29 is 9.53 Å². The molecule has 0 atom stereocenters. The van der Waals surface area contributed by atoms with Gasteiger partial charge in [0, 0.05) is 33.6 Å². The minimum atomic E-state index is -0.0718. The van der Waals surface area contributed by atoms with Gasteiger partial charge in [-0.05, 0) is 32.6 Å². The van der Waals surface area contributed by atoms with Gasteiger partial charge in [0.05, 0.1) is 6.61 Å². The third-order valence-electron chi connectivity index (χ3n) is 3.62. The summed E-state index contributed by atoms with van der Waals surface area (Å²) in [7, 11) is 3.88. The molecule has 0 aromatic heterocycles. The minimum absolute atomic E-state index is 0.0718. The molecule has 0 aromatic rings. The lowest BCUT2D eigenvalue weighted by Gasteiger charge is -2.21. The van der Waals surface area contributed by atoms with Gasteiger partial charge in [-0.2, -0.15) is 0 Å². The van der Waals surface area contributed by atoms with E-state index in [9.17, 15) is 4.79 Å². The summed E-state index contributed by atoms with van der Waals surface area (Å²) in [5.74, 6) is 0.883. The van der Waals surface area contributed by atoms with Crippen molar-refractivity contribution in [3.8, 4) is 0 Å². The quantitative estimate of drug-likeness (QED) is 0.185. The highest BCUT2D eigenvalue weighted by atomic mass is 16.5. The standard InChI is InChI=1S/C18H35N3O2/c1-5-7-13-16-21(4)18(19-3)20-15-12-10-8-9-11-14-17(22)23-6-2/h5H,1,6-16H2,2-4H3,(H,19,20). The van der Waals surface area contributed by atoms with Crippen LogP contribution in [0.4, 0.5) is 0 Å². The first-order chi connectivity index (χ1) is 11.2. The van der Waals surface area contributed by atoms with E-state index >= 15 is 0 Å². The average molecular weight is 325 g/mol. The van der Waals surface area contributed by atoms with Crippen molar-refractivity contribution in [3.63, 3.8) is 0 Å². The second kappa shape index (κ2) is 15.4. The van der Waals surface area contributed by atoms with Gasteiger partial charge in [-0.25, -0.2) is 0 Å². The molecule has 0 amide bonds. The Hall–Kier alpha value is -1.52. The third kappa shape index (κ3) is 12.7. The lowest BCUT2D eigenvalue weighted by molar-refractivity contribution is -0.143. The van der Waals surface area contributed by atoms with Crippen LogP contribution in [0, 0.1) is 0 Å². The van der Waals surface area contributed by atoms with E-state index in [1.165, 1.54) is 6.42 Å². The largest absolute Gasteiger partial charge is 0.466 e. The fourth-order valence-corrected chi connectivity index (χ4v) is 2.32. The molecule has 134 valence electrons. The molecule has 0 unspecified atom stereocenters. The number of aliphatic imine (C=N–C) groups is 1. The zero-order valence-electron chi connectivity index (χ0n) is 15.3. The van der Waals surface area contributed by atoms with Crippen molar-refractivity contribution in [1.82, 2.24) is 10.2 Å². The molecule has 23 heavy (non-hydrogen) atoms. The number of nitrogens with zero attached hydrogens (tertiary/aromatic N) is 2. The SMILES string of the molecule is C=CCCCN(C)C(=NC)NCCCCCCCC(=O)OCC. The van der Waals surface area contributed by atoms with Gasteiger partial charge < -0.3 is 15.0 Å². The Kier molecular flexibility index (Phi) is 14.4. The van der Waals surface area contributed by atoms with Crippen molar-refractivity contribution in [3.05, 3.63) is 12.7 Å². The van der Waals surface area contributed by atoms with Crippen LogP contribution in [0.15, 0.2) is 17.6 Å². The van der Waals surface area contributed by atoms with E-state index in [0.717, 1.165) is 57.6 Å². The molecule has 5 nitrogen and oxygen atoms in total. The van der Waals surface area contributed by atoms with Crippen molar-refractivity contribution >= 4 is 11.9 Å². The fourth-order valence-electron chi connectivity index (χ4n) is 2.32. The van der Waals surface area contributed by atoms with Crippen LogP contribution in [-0.2, 0) is 9.53 Å². The normalized spacial score (nSPS) is 11.2. The molecular formula is C18H35N3O2. The smallest absolute Gasteiger partial charge is 0.305 e. The summed E-state index contributed by atoms with van der Waals surface area (Å²) in [5.41, 5.74) is 0. The summed E-state index contributed by atoms with van der Waals surface area (Å²) in [6, 6.07) is 0. The van der Waals surface area contributed by atoms with Gasteiger partial charge in [-0.1, -0.05) is 25.3 Å².